The van der Waals surface area contributed by atoms with Crippen molar-refractivity contribution >= 4 is 11.8 Å². The molecular formula is C14H25N3S. The van der Waals surface area contributed by atoms with E-state index in [1.165, 1.54) is 30.7 Å². The summed E-state index contributed by atoms with van der Waals surface area (Å²) in [6.45, 7) is 6.92. The van der Waals surface area contributed by atoms with Crippen LogP contribution in [-0.2, 0) is 5.41 Å². The Kier molecular flexibility index (Phi) is 4.73. The Labute approximate surface area is 115 Å². The van der Waals surface area contributed by atoms with Crippen LogP contribution in [0.25, 0.3) is 0 Å². The van der Waals surface area contributed by atoms with Gasteiger partial charge in [0, 0.05) is 29.1 Å². The third kappa shape index (κ3) is 2.75. The highest BCUT2D eigenvalue weighted by Crippen LogP contribution is 2.34. The second kappa shape index (κ2) is 6.11. The predicted octanol–water partition coefficient (Wildman–Crippen LogP) is 2.84. The van der Waals surface area contributed by atoms with Crippen molar-refractivity contribution in [2.45, 2.75) is 44.6 Å². The highest BCUT2D eigenvalue weighted by atomic mass is 32.2. The Bertz CT molecular complexity index is 369. The molecule has 0 bridgehead atoms. The molecule has 1 aliphatic rings. The fourth-order valence-corrected chi connectivity index (χ4v) is 3.67. The highest BCUT2D eigenvalue weighted by Gasteiger charge is 2.32. The molecule has 0 saturated carbocycles. The second-order valence-electron chi connectivity index (χ2n) is 5.51. The molecule has 1 N–H and O–H groups in total. The van der Waals surface area contributed by atoms with Crippen LogP contribution in [0.1, 0.15) is 44.8 Å². The van der Waals surface area contributed by atoms with Crippen molar-refractivity contribution < 1.29 is 0 Å². The van der Waals surface area contributed by atoms with Gasteiger partial charge in [0.25, 0.3) is 0 Å². The summed E-state index contributed by atoms with van der Waals surface area (Å²) >= 11 is 1.93. The number of nitrogens with one attached hydrogen (secondary N) is 1. The van der Waals surface area contributed by atoms with Crippen LogP contribution in [0.4, 0.5) is 0 Å². The molecule has 18 heavy (non-hydrogen) atoms. The van der Waals surface area contributed by atoms with Crippen molar-refractivity contribution in [3.8, 4) is 0 Å². The van der Waals surface area contributed by atoms with E-state index < -0.39 is 0 Å². The van der Waals surface area contributed by atoms with Gasteiger partial charge in [0.2, 0.25) is 0 Å². The number of nitrogens with zero attached hydrogens (tertiary/aromatic N) is 2. The van der Waals surface area contributed by atoms with E-state index in [1.807, 2.05) is 18.1 Å². The van der Waals surface area contributed by atoms with Gasteiger partial charge in [-0.15, -0.1) is 0 Å². The fourth-order valence-electron chi connectivity index (χ4n) is 2.89. The topological polar surface area (TPSA) is 29.9 Å². The van der Waals surface area contributed by atoms with Crippen LogP contribution < -0.4 is 5.32 Å². The Morgan fingerprint density at radius 1 is 1.50 bits per heavy atom. The maximum absolute atomic E-state index is 4.43. The molecule has 1 aromatic rings. The number of rotatable bonds is 5. The summed E-state index contributed by atoms with van der Waals surface area (Å²) in [5, 5.41) is 3.46. The molecule has 0 aliphatic carbocycles. The molecule has 1 unspecified atom stereocenters. The largest absolute Gasteiger partial charge is 0.330 e. The predicted molar refractivity (Wildman–Crippen MR) is 79.4 cm³/mol. The SMILES string of the molecule is CCC(CSC)n1cncc1C1(C)CCNCC1. The van der Waals surface area contributed by atoms with Crippen LogP contribution >= 0.6 is 11.8 Å². The molecule has 1 fully saturated rings. The lowest BCUT2D eigenvalue weighted by Gasteiger charge is -2.36. The van der Waals surface area contributed by atoms with Gasteiger partial charge in [-0.1, -0.05) is 13.8 Å². The van der Waals surface area contributed by atoms with Gasteiger partial charge in [0.1, 0.15) is 0 Å². The number of hydrogen-bond donors (Lipinski definition) is 1. The maximum atomic E-state index is 4.43. The fraction of sp³-hybridized carbons (Fsp3) is 0.786. The van der Waals surface area contributed by atoms with E-state index in [0.717, 1.165) is 13.1 Å². The molecule has 1 aromatic heterocycles. The lowest BCUT2D eigenvalue weighted by molar-refractivity contribution is 0.309. The molecule has 3 nitrogen and oxygen atoms in total. The summed E-state index contributed by atoms with van der Waals surface area (Å²) in [5.41, 5.74) is 1.73. The van der Waals surface area contributed by atoms with Gasteiger partial charge >= 0.3 is 0 Å². The standard InChI is InChI=1S/C14H25N3S/c1-4-12(10-18-3)17-11-16-9-13(17)14(2)5-7-15-8-6-14/h9,11-12,15H,4-8,10H2,1-3H3. The van der Waals surface area contributed by atoms with Crippen molar-refractivity contribution in [1.82, 2.24) is 14.9 Å². The van der Waals surface area contributed by atoms with Gasteiger partial charge in [-0.25, -0.2) is 4.98 Å². The molecule has 0 radical (unpaired) electrons. The lowest BCUT2D eigenvalue weighted by Crippen LogP contribution is -2.39. The molecule has 2 heterocycles. The first-order chi connectivity index (χ1) is 8.71. The molecule has 2 rings (SSSR count). The second-order valence-corrected chi connectivity index (χ2v) is 6.42. The van der Waals surface area contributed by atoms with Gasteiger partial charge in [-0.05, 0) is 38.6 Å². The van der Waals surface area contributed by atoms with Crippen LogP contribution in [-0.4, -0.2) is 34.6 Å². The zero-order valence-corrected chi connectivity index (χ0v) is 12.6. The highest BCUT2D eigenvalue weighted by molar-refractivity contribution is 7.98. The van der Waals surface area contributed by atoms with Crippen LogP contribution in [0.3, 0.4) is 0 Å². The van der Waals surface area contributed by atoms with Crippen LogP contribution in [0.15, 0.2) is 12.5 Å². The summed E-state index contributed by atoms with van der Waals surface area (Å²) in [4.78, 5) is 4.43. The average molecular weight is 267 g/mol. The maximum Gasteiger partial charge on any atom is 0.0951 e. The zero-order chi connectivity index (χ0) is 13.0. The van der Waals surface area contributed by atoms with Gasteiger partial charge in [0.15, 0.2) is 0 Å². The molecule has 0 aromatic carbocycles. The van der Waals surface area contributed by atoms with E-state index in [0.29, 0.717) is 11.5 Å². The van der Waals surface area contributed by atoms with Gasteiger partial charge < -0.3 is 9.88 Å². The summed E-state index contributed by atoms with van der Waals surface area (Å²) in [5.74, 6) is 1.17. The molecule has 1 aliphatic heterocycles. The van der Waals surface area contributed by atoms with Gasteiger partial charge in [0.05, 0.1) is 6.33 Å². The average Bonchev–Trinajstić information content (AvgIpc) is 2.86. The Morgan fingerprint density at radius 2 is 2.22 bits per heavy atom. The first-order valence-corrected chi connectivity index (χ1v) is 8.32. The van der Waals surface area contributed by atoms with Crippen LogP contribution in [0, 0.1) is 0 Å². The number of imidazole rings is 1. The Balaban J connectivity index is 2.25. The zero-order valence-electron chi connectivity index (χ0n) is 11.8. The smallest absolute Gasteiger partial charge is 0.0951 e. The molecule has 1 saturated heterocycles. The number of aromatic nitrogens is 2. The number of hydrogen-bond acceptors (Lipinski definition) is 3. The molecular weight excluding hydrogens is 242 g/mol. The minimum absolute atomic E-state index is 0.299. The summed E-state index contributed by atoms with van der Waals surface area (Å²) in [6.07, 6.45) is 9.92. The summed E-state index contributed by atoms with van der Waals surface area (Å²) < 4.78 is 2.43. The number of thioether (sulfide) groups is 1. The van der Waals surface area contributed by atoms with Crippen molar-refractivity contribution in [3.05, 3.63) is 18.2 Å². The van der Waals surface area contributed by atoms with E-state index in [1.54, 1.807) is 0 Å². The molecule has 0 amide bonds. The number of piperidine rings is 1. The normalized spacial score (nSPS) is 20.8. The summed E-state index contributed by atoms with van der Waals surface area (Å²) in [6, 6.07) is 0.587. The van der Waals surface area contributed by atoms with E-state index >= 15 is 0 Å². The lowest BCUT2D eigenvalue weighted by atomic mass is 9.78. The van der Waals surface area contributed by atoms with E-state index in [2.05, 4.69) is 41.2 Å². The van der Waals surface area contributed by atoms with E-state index in [9.17, 15) is 0 Å². The van der Waals surface area contributed by atoms with Crippen molar-refractivity contribution in [3.63, 3.8) is 0 Å². The molecule has 1 atom stereocenters. The first-order valence-electron chi connectivity index (χ1n) is 6.93. The van der Waals surface area contributed by atoms with Crippen LogP contribution in [0.5, 0.6) is 0 Å². The minimum atomic E-state index is 0.299. The van der Waals surface area contributed by atoms with Crippen molar-refractivity contribution in [2.24, 2.45) is 0 Å². The quantitative estimate of drug-likeness (QED) is 0.889. The van der Waals surface area contributed by atoms with E-state index in [4.69, 9.17) is 0 Å². The molecule has 102 valence electrons. The first kappa shape index (κ1) is 13.9. The Morgan fingerprint density at radius 3 is 2.83 bits per heavy atom. The van der Waals surface area contributed by atoms with Gasteiger partial charge in [-0.3, -0.25) is 0 Å². The Hall–Kier alpha value is -0.480. The summed E-state index contributed by atoms with van der Waals surface area (Å²) in [7, 11) is 0. The van der Waals surface area contributed by atoms with Gasteiger partial charge in [-0.2, -0.15) is 11.8 Å². The minimum Gasteiger partial charge on any atom is -0.330 e. The van der Waals surface area contributed by atoms with E-state index in [-0.39, 0.29) is 0 Å². The monoisotopic (exact) mass is 267 g/mol. The molecule has 4 heteroatoms. The van der Waals surface area contributed by atoms with Crippen molar-refractivity contribution in [2.75, 3.05) is 25.1 Å². The van der Waals surface area contributed by atoms with Crippen molar-refractivity contribution in [1.29, 1.82) is 0 Å². The van der Waals surface area contributed by atoms with Crippen LogP contribution in [0.2, 0.25) is 0 Å². The third-order valence-electron chi connectivity index (χ3n) is 4.22. The molecule has 0 spiro atoms. The third-order valence-corrected chi connectivity index (χ3v) is 4.93.